The van der Waals surface area contributed by atoms with Crippen LogP contribution in [0, 0.1) is 0 Å². The van der Waals surface area contributed by atoms with Gasteiger partial charge in [0.05, 0.1) is 34.0 Å². The van der Waals surface area contributed by atoms with Crippen LogP contribution in [0.1, 0.15) is 36.0 Å². The molecule has 2 N–H and O–H groups in total. The van der Waals surface area contributed by atoms with Crippen LogP contribution in [-0.2, 0) is 19.3 Å². The Morgan fingerprint density at radius 2 is 1.48 bits per heavy atom. The first-order chi connectivity index (χ1) is 15.0. The van der Waals surface area contributed by atoms with E-state index in [1.54, 1.807) is 28.4 Å². The Balaban J connectivity index is 1.46. The van der Waals surface area contributed by atoms with Gasteiger partial charge >= 0.3 is 0 Å². The molecular weight excluding hydrogens is 394 g/mol. The molecule has 1 aliphatic rings. The second kappa shape index (κ2) is 10.7. The Morgan fingerprint density at radius 3 is 2.16 bits per heavy atom. The highest BCUT2D eigenvalue weighted by Crippen LogP contribution is 2.40. The zero-order valence-corrected chi connectivity index (χ0v) is 19.1. The first-order valence-electron chi connectivity index (χ1n) is 10.9. The fraction of sp³-hybridized carbons (Fsp3) is 0.520. The molecule has 0 saturated carbocycles. The summed E-state index contributed by atoms with van der Waals surface area (Å²) in [4.78, 5) is 0. The van der Waals surface area contributed by atoms with E-state index in [0.717, 1.165) is 72.9 Å². The van der Waals surface area contributed by atoms with Gasteiger partial charge in [-0.05, 0) is 75.0 Å². The minimum Gasteiger partial charge on any atom is -0.496 e. The van der Waals surface area contributed by atoms with Crippen molar-refractivity contribution in [2.45, 2.75) is 44.1 Å². The van der Waals surface area contributed by atoms with Crippen molar-refractivity contribution in [3.63, 3.8) is 0 Å². The van der Waals surface area contributed by atoms with Crippen molar-refractivity contribution in [2.75, 3.05) is 41.5 Å². The van der Waals surface area contributed by atoms with Crippen LogP contribution >= 0.6 is 0 Å². The number of hydrogen-bond acceptors (Lipinski definition) is 6. The lowest BCUT2D eigenvalue weighted by molar-refractivity contribution is 0.0174. The summed E-state index contributed by atoms with van der Waals surface area (Å²) in [7, 11) is 6.67. The highest BCUT2D eigenvalue weighted by Gasteiger charge is 2.34. The SMILES string of the molecule is COc1ccc(CCCNCCC2(O)CCc3c(OC)ccc(OC)c3C2)cc1OC. The van der Waals surface area contributed by atoms with Crippen LogP contribution in [-0.4, -0.2) is 52.2 Å². The summed E-state index contributed by atoms with van der Waals surface area (Å²) in [5.74, 6) is 3.23. The summed E-state index contributed by atoms with van der Waals surface area (Å²) in [6.45, 7) is 1.68. The molecule has 170 valence electrons. The maximum atomic E-state index is 11.2. The molecular formula is C25H35NO5. The van der Waals surface area contributed by atoms with Gasteiger partial charge in [-0.15, -0.1) is 0 Å². The van der Waals surface area contributed by atoms with Crippen LogP contribution in [0.25, 0.3) is 0 Å². The van der Waals surface area contributed by atoms with E-state index >= 15 is 0 Å². The first-order valence-corrected chi connectivity index (χ1v) is 10.9. The van der Waals surface area contributed by atoms with Crippen molar-refractivity contribution in [1.82, 2.24) is 5.32 Å². The van der Waals surface area contributed by atoms with Gasteiger partial charge in [-0.1, -0.05) is 6.07 Å². The first kappa shape index (κ1) is 23.2. The molecule has 0 spiro atoms. The number of aliphatic hydroxyl groups is 1. The zero-order valence-electron chi connectivity index (χ0n) is 19.1. The molecule has 0 radical (unpaired) electrons. The zero-order chi connectivity index (χ0) is 22.3. The molecule has 6 heteroatoms. The fourth-order valence-corrected chi connectivity index (χ4v) is 4.39. The second-order valence-electron chi connectivity index (χ2n) is 8.12. The van der Waals surface area contributed by atoms with Crippen molar-refractivity contribution in [3.05, 3.63) is 47.0 Å². The Labute approximate surface area is 185 Å². The number of nitrogens with one attached hydrogen (secondary N) is 1. The molecule has 31 heavy (non-hydrogen) atoms. The molecule has 6 nitrogen and oxygen atoms in total. The van der Waals surface area contributed by atoms with Crippen LogP contribution in [0.15, 0.2) is 30.3 Å². The molecule has 2 aromatic carbocycles. The minimum absolute atomic E-state index is 0.593. The summed E-state index contributed by atoms with van der Waals surface area (Å²) in [6.07, 6.45) is 4.81. The number of hydrogen-bond donors (Lipinski definition) is 2. The van der Waals surface area contributed by atoms with Crippen LogP contribution in [0.2, 0.25) is 0 Å². The Hall–Kier alpha value is -2.44. The van der Waals surface area contributed by atoms with Gasteiger partial charge in [0.25, 0.3) is 0 Å². The number of aryl methyl sites for hydroxylation is 1. The molecule has 0 aliphatic heterocycles. The van der Waals surface area contributed by atoms with Crippen LogP contribution in [0.5, 0.6) is 23.0 Å². The third kappa shape index (κ3) is 5.63. The van der Waals surface area contributed by atoms with E-state index in [0.29, 0.717) is 12.8 Å². The minimum atomic E-state index is -0.719. The molecule has 3 rings (SSSR count). The molecule has 0 amide bonds. The lowest BCUT2D eigenvalue weighted by atomic mass is 9.78. The molecule has 1 unspecified atom stereocenters. The van der Waals surface area contributed by atoms with Crippen LogP contribution in [0.3, 0.4) is 0 Å². The maximum Gasteiger partial charge on any atom is 0.160 e. The quantitative estimate of drug-likeness (QED) is 0.533. The Bertz CT molecular complexity index is 869. The number of ether oxygens (including phenoxy) is 4. The summed E-state index contributed by atoms with van der Waals surface area (Å²) >= 11 is 0. The third-order valence-electron chi connectivity index (χ3n) is 6.17. The summed E-state index contributed by atoms with van der Waals surface area (Å²) < 4.78 is 21.7. The van der Waals surface area contributed by atoms with E-state index in [9.17, 15) is 5.11 Å². The lowest BCUT2D eigenvalue weighted by Gasteiger charge is -2.35. The molecule has 2 aromatic rings. The Kier molecular flexibility index (Phi) is 8.04. The average Bonchev–Trinajstić information content (AvgIpc) is 2.80. The molecule has 0 heterocycles. The van der Waals surface area contributed by atoms with E-state index in [1.807, 2.05) is 24.3 Å². The van der Waals surface area contributed by atoms with Gasteiger partial charge < -0.3 is 29.4 Å². The monoisotopic (exact) mass is 429 g/mol. The van der Waals surface area contributed by atoms with E-state index in [-0.39, 0.29) is 0 Å². The highest BCUT2D eigenvalue weighted by atomic mass is 16.5. The standard InChI is InChI=1S/C25H35NO5/c1-28-21-9-10-22(29-2)20-17-25(27,12-11-19(20)21)13-15-26-14-5-6-18-7-8-23(30-3)24(16-18)31-4/h7-10,16,26-27H,5-6,11-15,17H2,1-4H3. The fourth-order valence-electron chi connectivity index (χ4n) is 4.39. The van der Waals surface area contributed by atoms with Gasteiger partial charge in [0, 0.05) is 17.5 Å². The van der Waals surface area contributed by atoms with E-state index < -0.39 is 5.60 Å². The third-order valence-corrected chi connectivity index (χ3v) is 6.17. The van der Waals surface area contributed by atoms with Gasteiger partial charge in [-0.2, -0.15) is 0 Å². The maximum absolute atomic E-state index is 11.2. The highest BCUT2D eigenvalue weighted by molar-refractivity contribution is 5.51. The van der Waals surface area contributed by atoms with Gasteiger partial charge in [0.15, 0.2) is 11.5 Å². The van der Waals surface area contributed by atoms with E-state index in [1.165, 1.54) is 5.56 Å². The molecule has 0 bridgehead atoms. The van der Waals surface area contributed by atoms with Gasteiger partial charge in [0.1, 0.15) is 11.5 Å². The van der Waals surface area contributed by atoms with Gasteiger partial charge in [-0.3, -0.25) is 0 Å². The topological polar surface area (TPSA) is 69.2 Å². The molecule has 1 atom stereocenters. The van der Waals surface area contributed by atoms with Gasteiger partial charge in [-0.25, -0.2) is 0 Å². The van der Waals surface area contributed by atoms with Crippen molar-refractivity contribution < 1.29 is 24.1 Å². The molecule has 0 aromatic heterocycles. The molecule has 0 saturated heterocycles. The number of methoxy groups -OCH3 is 4. The predicted octanol–water partition coefficient (Wildman–Crippen LogP) is 3.55. The predicted molar refractivity (Wildman–Crippen MR) is 122 cm³/mol. The largest absolute Gasteiger partial charge is 0.496 e. The average molecular weight is 430 g/mol. The summed E-state index contributed by atoms with van der Waals surface area (Å²) in [6, 6.07) is 9.92. The Morgan fingerprint density at radius 1 is 0.839 bits per heavy atom. The summed E-state index contributed by atoms with van der Waals surface area (Å²) in [5, 5.41) is 14.7. The van der Waals surface area contributed by atoms with Crippen LogP contribution in [0.4, 0.5) is 0 Å². The van der Waals surface area contributed by atoms with Crippen molar-refractivity contribution in [1.29, 1.82) is 0 Å². The number of rotatable bonds is 11. The van der Waals surface area contributed by atoms with E-state index in [2.05, 4.69) is 11.4 Å². The van der Waals surface area contributed by atoms with Crippen molar-refractivity contribution in [3.8, 4) is 23.0 Å². The van der Waals surface area contributed by atoms with E-state index in [4.69, 9.17) is 18.9 Å². The van der Waals surface area contributed by atoms with Crippen molar-refractivity contribution >= 4 is 0 Å². The number of fused-ring (bicyclic) bond motifs is 1. The molecule has 1 aliphatic carbocycles. The normalized spacial score (nSPS) is 17.7. The van der Waals surface area contributed by atoms with Crippen molar-refractivity contribution in [2.24, 2.45) is 0 Å². The second-order valence-corrected chi connectivity index (χ2v) is 8.12. The smallest absolute Gasteiger partial charge is 0.160 e. The number of benzene rings is 2. The summed E-state index contributed by atoms with van der Waals surface area (Å²) in [5.41, 5.74) is 2.74. The lowest BCUT2D eigenvalue weighted by Crippen LogP contribution is -2.39. The van der Waals surface area contributed by atoms with Crippen LogP contribution < -0.4 is 24.3 Å². The molecule has 0 fully saturated rings. The van der Waals surface area contributed by atoms with Gasteiger partial charge in [0.2, 0.25) is 0 Å².